The molecule has 1 aromatic rings. The summed E-state index contributed by atoms with van der Waals surface area (Å²) in [6.07, 6.45) is 1.55. The van der Waals surface area contributed by atoms with Crippen molar-refractivity contribution in [2.45, 2.75) is 38.4 Å². The number of aliphatic hydroxyl groups is 1. The number of piperazine rings is 1. The van der Waals surface area contributed by atoms with Crippen molar-refractivity contribution in [2.24, 2.45) is 11.7 Å². The minimum Gasteiger partial charge on any atom is -0.444 e. The standard InChI is InChI=1S/C20H28FN5O4/c21-17-14(12-30-20(29)24-19(22)23)2-1-3-16(17)25-8-10-26(11-9-25)18(28)13-4-6-15(27)7-5-13/h1-3,13,15,27H,4-12H2,(H4,22,23,24,29)/t13-,15+. The number of halogens is 1. The smallest absolute Gasteiger partial charge is 0.414 e. The number of hydrogen-bond donors (Lipinski definition) is 4. The molecule has 1 aliphatic carbocycles. The van der Waals surface area contributed by atoms with Crippen molar-refractivity contribution in [3.05, 3.63) is 29.6 Å². The van der Waals surface area contributed by atoms with Crippen molar-refractivity contribution in [1.29, 1.82) is 5.41 Å². The zero-order valence-corrected chi connectivity index (χ0v) is 16.8. The molecule has 0 unspecified atom stereocenters. The van der Waals surface area contributed by atoms with Crippen LogP contribution in [-0.2, 0) is 16.1 Å². The van der Waals surface area contributed by atoms with Crippen molar-refractivity contribution in [3.8, 4) is 0 Å². The van der Waals surface area contributed by atoms with E-state index in [1.807, 2.05) is 15.1 Å². The third kappa shape index (κ3) is 5.38. The second-order valence-corrected chi connectivity index (χ2v) is 7.68. The number of hydrogen-bond acceptors (Lipinski definition) is 6. The highest BCUT2D eigenvalue weighted by Gasteiger charge is 2.31. The molecule has 1 saturated carbocycles. The lowest BCUT2D eigenvalue weighted by atomic mass is 9.86. The lowest BCUT2D eigenvalue weighted by Crippen LogP contribution is -2.51. The van der Waals surface area contributed by atoms with Crippen LogP contribution < -0.4 is 16.0 Å². The number of nitrogens with one attached hydrogen (secondary N) is 2. The van der Waals surface area contributed by atoms with Gasteiger partial charge in [-0.05, 0) is 31.7 Å². The van der Waals surface area contributed by atoms with E-state index in [1.54, 1.807) is 12.1 Å². The molecule has 3 rings (SSSR count). The van der Waals surface area contributed by atoms with Gasteiger partial charge in [-0.3, -0.25) is 15.5 Å². The first-order valence-electron chi connectivity index (χ1n) is 10.1. The van der Waals surface area contributed by atoms with Gasteiger partial charge in [0.15, 0.2) is 11.8 Å². The molecule has 9 nitrogen and oxygen atoms in total. The molecular weight excluding hydrogens is 393 g/mol. The minimum atomic E-state index is -0.922. The molecule has 1 heterocycles. The summed E-state index contributed by atoms with van der Waals surface area (Å²) in [5.74, 6) is -0.931. The zero-order valence-electron chi connectivity index (χ0n) is 16.8. The second-order valence-electron chi connectivity index (χ2n) is 7.68. The second kappa shape index (κ2) is 9.75. The average Bonchev–Trinajstić information content (AvgIpc) is 2.73. The van der Waals surface area contributed by atoms with Gasteiger partial charge in [0.1, 0.15) is 6.61 Å². The van der Waals surface area contributed by atoms with E-state index in [1.165, 1.54) is 6.07 Å². The summed E-state index contributed by atoms with van der Waals surface area (Å²) in [4.78, 5) is 27.9. The highest BCUT2D eigenvalue weighted by molar-refractivity contribution is 5.90. The summed E-state index contributed by atoms with van der Waals surface area (Å²) < 4.78 is 19.8. The van der Waals surface area contributed by atoms with Crippen LogP contribution in [0.5, 0.6) is 0 Å². The summed E-state index contributed by atoms with van der Waals surface area (Å²) in [6, 6.07) is 4.87. The van der Waals surface area contributed by atoms with Crippen LogP contribution in [0.15, 0.2) is 18.2 Å². The molecule has 1 aliphatic heterocycles. The summed E-state index contributed by atoms with van der Waals surface area (Å²) in [5.41, 5.74) is 5.66. The molecule has 5 N–H and O–H groups in total. The Morgan fingerprint density at radius 2 is 1.87 bits per heavy atom. The Morgan fingerprint density at radius 3 is 2.50 bits per heavy atom. The molecule has 0 atom stereocenters. The molecule has 0 aromatic heterocycles. The number of rotatable bonds is 4. The molecule has 2 aliphatic rings. The van der Waals surface area contributed by atoms with Crippen molar-refractivity contribution >= 4 is 23.6 Å². The van der Waals surface area contributed by atoms with Crippen LogP contribution in [-0.4, -0.2) is 60.2 Å². The average molecular weight is 421 g/mol. The van der Waals surface area contributed by atoms with Crippen molar-refractivity contribution in [1.82, 2.24) is 10.2 Å². The molecule has 1 saturated heterocycles. The Morgan fingerprint density at radius 1 is 1.20 bits per heavy atom. The summed E-state index contributed by atoms with van der Waals surface area (Å²) >= 11 is 0. The number of aliphatic hydroxyl groups excluding tert-OH is 1. The summed E-state index contributed by atoms with van der Waals surface area (Å²) in [5, 5.41) is 18.6. The molecule has 0 bridgehead atoms. The number of nitrogens with zero attached hydrogens (tertiary/aromatic N) is 2. The van der Waals surface area contributed by atoms with Gasteiger partial charge in [-0.15, -0.1) is 0 Å². The number of anilines is 1. The monoisotopic (exact) mass is 421 g/mol. The van der Waals surface area contributed by atoms with Crippen LogP contribution in [0.2, 0.25) is 0 Å². The Bertz CT molecular complexity index is 789. The van der Waals surface area contributed by atoms with Crippen LogP contribution in [0.1, 0.15) is 31.2 Å². The molecule has 0 spiro atoms. The van der Waals surface area contributed by atoms with Crippen LogP contribution in [0.4, 0.5) is 14.9 Å². The van der Waals surface area contributed by atoms with Gasteiger partial charge < -0.3 is 25.4 Å². The first-order chi connectivity index (χ1) is 14.3. The fourth-order valence-corrected chi connectivity index (χ4v) is 3.96. The van der Waals surface area contributed by atoms with E-state index in [0.29, 0.717) is 57.5 Å². The first-order valence-corrected chi connectivity index (χ1v) is 10.1. The lowest BCUT2D eigenvalue weighted by Gasteiger charge is -2.38. The van der Waals surface area contributed by atoms with Gasteiger partial charge in [-0.25, -0.2) is 9.18 Å². The van der Waals surface area contributed by atoms with Gasteiger partial charge in [-0.2, -0.15) is 0 Å². The van der Waals surface area contributed by atoms with E-state index >= 15 is 0 Å². The van der Waals surface area contributed by atoms with E-state index in [2.05, 4.69) is 0 Å². The summed E-state index contributed by atoms with van der Waals surface area (Å²) in [7, 11) is 0. The maximum atomic E-state index is 14.9. The third-order valence-electron chi connectivity index (χ3n) is 5.63. The maximum Gasteiger partial charge on any atom is 0.414 e. The molecule has 164 valence electrons. The van der Waals surface area contributed by atoms with Crippen LogP contribution in [0.3, 0.4) is 0 Å². The van der Waals surface area contributed by atoms with Crippen LogP contribution in [0, 0.1) is 17.1 Å². The molecule has 10 heteroatoms. The van der Waals surface area contributed by atoms with Crippen LogP contribution >= 0.6 is 0 Å². The van der Waals surface area contributed by atoms with E-state index in [9.17, 15) is 19.1 Å². The quantitative estimate of drug-likeness (QED) is 0.426. The summed E-state index contributed by atoms with van der Waals surface area (Å²) in [6.45, 7) is 1.75. The van der Waals surface area contributed by atoms with E-state index in [-0.39, 0.29) is 30.1 Å². The van der Waals surface area contributed by atoms with Crippen molar-refractivity contribution in [2.75, 3.05) is 31.1 Å². The number of alkyl carbamates (subject to hydrolysis) is 1. The van der Waals surface area contributed by atoms with E-state index in [4.69, 9.17) is 15.9 Å². The molecule has 1 aromatic carbocycles. The highest BCUT2D eigenvalue weighted by atomic mass is 19.1. The Kier molecular flexibility index (Phi) is 7.09. The SMILES string of the molecule is N=C(N)NC(=O)OCc1cccc(N2CCN(C(=O)[C@H]3CC[C@@H](O)CC3)CC2)c1F. The van der Waals surface area contributed by atoms with Crippen molar-refractivity contribution in [3.63, 3.8) is 0 Å². The Balaban J connectivity index is 1.55. The maximum absolute atomic E-state index is 14.9. The topological polar surface area (TPSA) is 132 Å². The predicted molar refractivity (Wildman–Crippen MR) is 108 cm³/mol. The van der Waals surface area contributed by atoms with E-state index < -0.39 is 17.9 Å². The van der Waals surface area contributed by atoms with Gasteiger partial charge in [0.25, 0.3) is 0 Å². The normalized spacial score (nSPS) is 21.8. The first kappa shape index (κ1) is 21.8. The number of amides is 2. The highest BCUT2D eigenvalue weighted by Crippen LogP contribution is 2.28. The lowest BCUT2D eigenvalue weighted by molar-refractivity contribution is -0.137. The van der Waals surface area contributed by atoms with Gasteiger partial charge in [0.05, 0.1) is 11.8 Å². The molecular formula is C20H28FN5O4. The fourth-order valence-electron chi connectivity index (χ4n) is 3.96. The molecule has 0 radical (unpaired) electrons. The number of benzene rings is 1. The minimum absolute atomic E-state index is 0.0293. The third-order valence-corrected chi connectivity index (χ3v) is 5.63. The van der Waals surface area contributed by atoms with Crippen LogP contribution in [0.25, 0.3) is 0 Å². The molecule has 2 fully saturated rings. The Hall–Kier alpha value is -2.88. The molecule has 30 heavy (non-hydrogen) atoms. The number of ether oxygens (including phenoxy) is 1. The number of carbonyl (C=O) groups is 2. The van der Waals surface area contributed by atoms with E-state index in [0.717, 1.165) is 0 Å². The van der Waals surface area contributed by atoms with Crippen molar-refractivity contribution < 1.29 is 23.8 Å². The molecule has 2 amide bonds. The number of nitrogens with two attached hydrogens (primary N) is 1. The fraction of sp³-hybridized carbons (Fsp3) is 0.550. The largest absolute Gasteiger partial charge is 0.444 e. The number of carbonyl (C=O) groups excluding carboxylic acids is 2. The van der Waals surface area contributed by atoms with Gasteiger partial charge in [-0.1, -0.05) is 12.1 Å². The number of guanidine groups is 1. The van der Waals surface area contributed by atoms with Gasteiger partial charge in [0.2, 0.25) is 5.91 Å². The predicted octanol–water partition coefficient (Wildman–Crippen LogP) is 1.15. The Labute approximate surface area is 174 Å². The zero-order chi connectivity index (χ0) is 21.7. The van der Waals surface area contributed by atoms with Gasteiger partial charge >= 0.3 is 6.09 Å². The van der Waals surface area contributed by atoms with Gasteiger partial charge in [0, 0.05) is 37.7 Å².